The molecular formula is C19H19N3O3. The molecule has 0 saturated heterocycles. The predicted octanol–water partition coefficient (Wildman–Crippen LogP) is 3.30. The zero-order valence-corrected chi connectivity index (χ0v) is 14.1. The molecule has 128 valence electrons. The van der Waals surface area contributed by atoms with Crippen molar-refractivity contribution in [1.82, 2.24) is 4.98 Å². The molecule has 0 saturated carbocycles. The van der Waals surface area contributed by atoms with E-state index in [1.807, 2.05) is 36.4 Å². The molecule has 1 aromatic heterocycles. The van der Waals surface area contributed by atoms with Crippen molar-refractivity contribution in [3.05, 3.63) is 54.7 Å². The van der Waals surface area contributed by atoms with Gasteiger partial charge in [-0.3, -0.25) is 9.78 Å². The minimum atomic E-state index is -0.159. The number of ether oxygens (including phenoxy) is 2. The third-order valence-corrected chi connectivity index (χ3v) is 3.74. The molecule has 1 amide bonds. The molecule has 0 aliphatic carbocycles. The Kier molecular flexibility index (Phi) is 4.99. The zero-order chi connectivity index (χ0) is 17.6. The molecule has 2 N–H and O–H groups in total. The molecule has 0 radical (unpaired) electrons. The van der Waals surface area contributed by atoms with Crippen LogP contribution in [0.4, 0.5) is 11.4 Å². The minimum absolute atomic E-state index is 0.124. The third-order valence-electron chi connectivity index (χ3n) is 3.74. The van der Waals surface area contributed by atoms with Gasteiger partial charge in [0.2, 0.25) is 5.91 Å². The van der Waals surface area contributed by atoms with E-state index in [0.717, 1.165) is 16.6 Å². The molecule has 0 bridgehead atoms. The van der Waals surface area contributed by atoms with Crippen LogP contribution in [0.2, 0.25) is 0 Å². The van der Waals surface area contributed by atoms with Gasteiger partial charge in [0.05, 0.1) is 32.0 Å². The van der Waals surface area contributed by atoms with E-state index in [4.69, 9.17) is 9.47 Å². The number of carbonyl (C=O) groups excluding carboxylic acids is 1. The molecule has 0 atom stereocenters. The van der Waals surface area contributed by atoms with Crippen LogP contribution in [-0.2, 0) is 4.79 Å². The first-order valence-corrected chi connectivity index (χ1v) is 7.81. The number of nitrogens with one attached hydrogen (secondary N) is 2. The Morgan fingerprint density at radius 2 is 1.84 bits per heavy atom. The topological polar surface area (TPSA) is 72.5 Å². The summed E-state index contributed by atoms with van der Waals surface area (Å²) in [5, 5.41) is 6.94. The first-order valence-electron chi connectivity index (χ1n) is 7.81. The number of fused-ring (bicyclic) bond motifs is 1. The van der Waals surface area contributed by atoms with Crippen LogP contribution in [0.5, 0.6) is 11.5 Å². The van der Waals surface area contributed by atoms with Gasteiger partial charge in [-0.15, -0.1) is 0 Å². The molecule has 1 heterocycles. The van der Waals surface area contributed by atoms with Gasteiger partial charge in [-0.25, -0.2) is 0 Å². The van der Waals surface area contributed by atoms with Crippen molar-refractivity contribution in [3.8, 4) is 11.5 Å². The number of aromatic nitrogens is 1. The monoisotopic (exact) mass is 337 g/mol. The van der Waals surface area contributed by atoms with E-state index in [2.05, 4.69) is 15.6 Å². The number of hydrogen-bond donors (Lipinski definition) is 2. The summed E-state index contributed by atoms with van der Waals surface area (Å²) in [6.07, 6.45) is 1.71. The highest BCUT2D eigenvalue weighted by Gasteiger charge is 2.08. The van der Waals surface area contributed by atoms with Gasteiger partial charge in [-0.2, -0.15) is 0 Å². The van der Waals surface area contributed by atoms with Crippen LogP contribution in [0.15, 0.2) is 54.7 Å². The summed E-state index contributed by atoms with van der Waals surface area (Å²) < 4.78 is 10.5. The van der Waals surface area contributed by atoms with E-state index in [0.29, 0.717) is 17.2 Å². The molecule has 3 rings (SSSR count). The maximum absolute atomic E-state index is 12.2. The van der Waals surface area contributed by atoms with Crippen molar-refractivity contribution in [1.29, 1.82) is 0 Å². The molecule has 0 fully saturated rings. The summed E-state index contributed by atoms with van der Waals surface area (Å²) in [6.45, 7) is 0.124. The Bertz CT molecular complexity index is 891. The fourth-order valence-electron chi connectivity index (χ4n) is 2.53. The molecule has 3 aromatic rings. The SMILES string of the molecule is COc1ccc(NCC(=O)Nc2cccc3cccnc23)cc1OC. The molecular weight excluding hydrogens is 318 g/mol. The number of pyridine rings is 1. The van der Waals surface area contributed by atoms with Gasteiger partial charge in [0.15, 0.2) is 11.5 Å². The van der Waals surface area contributed by atoms with E-state index in [1.165, 1.54) is 0 Å². The lowest BCUT2D eigenvalue weighted by Gasteiger charge is -2.12. The Morgan fingerprint density at radius 1 is 1.04 bits per heavy atom. The van der Waals surface area contributed by atoms with Crippen LogP contribution in [0, 0.1) is 0 Å². The van der Waals surface area contributed by atoms with Crippen LogP contribution >= 0.6 is 0 Å². The number of benzene rings is 2. The summed E-state index contributed by atoms with van der Waals surface area (Å²) in [5.41, 5.74) is 2.23. The third kappa shape index (κ3) is 3.80. The molecule has 0 aliphatic rings. The van der Waals surface area contributed by atoms with Crippen LogP contribution in [0.3, 0.4) is 0 Å². The molecule has 25 heavy (non-hydrogen) atoms. The molecule has 0 unspecified atom stereocenters. The molecule has 6 nitrogen and oxygen atoms in total. The number of nitrogens with zero attached hydrogens (tertiary/aromatic N) is 1. The number of methoxy groups -OCH3 is 2. The smallest absolute Gasteiger partial charge is 0.243 e. The summed E-state index contributed by atoms with van der Waals surface area (Å²) in [7, 11) is 3.15. The van der Waals surface area contributed by atoms with E-state index in [1.54, 1.807) is 32.5 Å². The highest BCUT2D eigenvalue weighted by molar-refractivity contribution is 6.01. The zero-order valence-electron chi connectivity index (χ0n) is 14.1. The number of rotatable bonds is 6. The Hall–Kier alpha value is -3.28. The molecule has 0 spiro atoms. The largest absolute Gasteiger partial charge is 0.493 e. The summed E-state index contributed by atoms with van der Waals surface area (Å²) in [4.78, 5) is 16.6. The van der Waals surface area contributed by atoms with Gasteiger partial charge >= 0.3 is 0 Å². The number of carbonyl (C=O) groups is 1. The number of anilines is 2. The van der Waals surface area contributed by atoms with Gasteiger partial charge < -0.3 is 20.1 Å². The summed E-state index contributed by atoms with van der Waals surface area (Å²) in [5.74, 6) is 1.08. The van der Waals surface area contributed by atoms with Gasteiger partial charge in [-0.1, -0.05) is 18.2 Å². The van der Waals surface area contributed by atoms with Gasteiger partial charge in [0.25, 0.3) is 0 Å². The van der Waals surface area contributed by atoms with Gasteiger partial charge in [-0.05, 0) is 24.3 Å². The normalized spacial score (nSPS) is 10.3. The molecule has 2 aromatic carbocycles. The fourth-order valence-corrected chi connectivity index (χ4v) is 2.53. The quantitative estimate of drug-likeness (QED) is 0.722. The minimum Gasteiger partial charge on any atom is -0.493 e. The molecule has 6 heteroatoms. The second kappa shape index (κ2) is 7.53. The Labute approximate surface area is 145 Å². The maximum atomic E-state index is 12.2. The number of para-hydroxylation sites is 1. The second-order valence-electron chi connectivity index (χ2n) is 5.35. The van der Waals surface area contributed by atoms with E-state index < -0.39 is 0 Å². The first kappa shape index (κ1) is 16.6. The number of amides is 1. The lowest BCUT2D eigenvalue weighted by atomic mass is 10.2. The predicted molar refractivity (Wildman–Crippen MR) is 98.4 cm³/mol. The van der Waals surface area contributed by atoms with Crippen molar-refractivity contribution in [2.45, 2.75) is 0 Å². The standard InChI is InChI=1S/C19H19N3O3/c1-24-16-9-8-14(11-17(16)25-2)21-12-18(23)22-15-7-3-5-13-6-4-10-20-19(13)15/h3-11,21H,12H2,1-2H3,(H,22,23). The Morgan fingerprint density at radius 3 is 2.64 bits per heavy atom. The first-order chi connectivity index (χ1) is 12.2. The van der Waals surface area contributed by atoms with E-state index >= 15 is 0 Å². The fraction of sp³-hybridized carbons (Fsp3) is 0.158. The van der Waals surface area contributed by atoms with Gasteiger partial charge in [0.1, 0.15) is 0 Å². The highest BCUT2D eigenvalue weighted by atomic mass is 16.5. The van der Waals surface area contributed by atoms with Crippen LogP contribution in [0.1, 0.15) is 0 Å². The van der Waals surface area contributed by atoms with Crippen molar-refractivity contribution < 1.29 is 14.3 Å². The van der Waals surface area contributed by atoms with Crippen molar-refractivity contribution in [2.75, 3.05) is 31.4 Å². The highest BCUT2D eigenvalue weighted by Crippen LogP contribution is 2.29. The van der Waals surface area contributed by atoms with Crippen molar-refractivity contribution in [3.63, 3.8) is 0 Å². The second-order valence-corrected chi connectivity index (χ2v) is 5.35. The summed E-state index contributed by atoms with van der Waals surface area (Å²) >= 11 is 0. The lowest BCUT2D eigenvalue weighted by molar-refractivity contribution is -0.114. The number of hydrogen-bond acceptors (Lipinski definition) is 5. The lowest BCUT2D eigenvalue weighted by Crippen LogP contribution is -2.22. The Balaban J connectivity index is 1.67. The summed E-state index contributed by atoms with van der Waals surface area (Å²) in [6, 6.07) is 14.9. The average Bonchev–Trinajstić information content (AvgIpc) is 2.66. The van der Waals surface area contributed by atoms with Crippen LogP contribution in [0.25, 0.3) is 10.9 Å². The van der Waals surface area contributed by atoms with Crippen LogP contribution in [-0.4, -0.2) is 31.7 Å². The van der Waals surface area contributed by atoms with Crippen LogP contribution < -0.4 is 20.1 Å². The van der Waals surface area contributed by atoms with Crippen molar-refractivity contribution in [2.24, 2.45) is 0 Å². The van der Waals surface area contributed by atoms with E-state index in [9.17, 15) is 4.79 Å². The van der Waals surface area contributed by atoms with Gasteiger partial charge in [0, 0.05) is 23.3 Å². The van der Waals surface area contributed by atoms with Crippen molar-refractivity contribution >= 4 is 28.2 Å². The maximum Gasteiger partial charge on any atom is 0.243 e. The van der Waals surface area contributed by atoms with E-state index in [-0.39, 0.29) is 12.5 Å². The molecule has 0 aliphatic heterocycles. The average molecular weight is 337 g/mol.